The molecule has 0 saturated heterocycles. The lowest BCUT2D eigenvalue weighted by molar-refractivity contribution is 0.754. The maximum Gasteiger partial charge on any atom is 0.251 e. The Bertz CT molecular complexity index is 546. The zero-order valence-electron chi connectivity index (χ0n) is 8.85. The van der Waals surface area contributed by atoms with Crippen molar-refractivity contribution in [3.63, 3.8) is 0 Å². The molecule has 0 radical (unpaired) electrons. The summed E-state index contributed by atoms with van der Waals surface area (Å²) in [6.07, 6.45) is 3.46. The molecule has 0 fully saturated rings. The molecule has 4 heteroatoms. The van der Waals surface area contributed by atoms with Crippen LogP contribution in [0.5, 0.6) is 0 Å². The first kappa shape index (κ1) is 10.9. The fourth-order valence-electron chi connectivity index (χ4n) is 1.43. The number of aromatic nitrogens is 2. The molecule has 0 saturated carbocycles. The van der Waals surface area contributed by atoms with E-state index in [0.29, 0.717) is 11.7 Å². The van der Waals surface area contributed by atoms with Gasteiger partial charge in [-0.1, -0.05) is 17.7 Å². The molecular formula is C12H11ClN2O. The van der Waals surface area contributed by atoms with E-state index < -0.39 is 0 Å². The van der Waals surface area contributed by atoms with Crippen molar-refractivity contribution in [2.75, 3.05) is 0 Å². The summed E-state index contributed by atoms with van der Waals surface area (Å²) >= 11 is 5.69. The van der Waals surface area contributed by atoms with Crippen LogP contribution in [-0.4, -0.2) is 9.55 Å². The second-order valence-electron chi connectivity index (χ2n) is 3.66. The van der Waals surface area contributed by atoms with Crippen molar-refractivity contribution in [2.45, 2.75) is 13.5 Å². The lowest BCUT2D eigenvalue weighted by atomic mass is 10.2. The summed E-state index contributed by atoms with van der Waals surface area (Å²) in [5.74, 6) is 0. The predicted molar refractivity (Wildman–Crippen MR) is 63.8 cm³/mol. The number of halogens is 1. The van der Waals surface area contributed by atoms with E-state index in [1.54, 1.807) is 29.1 Å². The van der Waals surface area contributed by atoms with Crippen LogP contribution >= 0.6 is 11.6 Å². The molecule has 0 amide bonds. The predicted octanol–water partition coefficient (Wildman–Crippen LogP) is 2.25. The van der Waals surface area contributed by atoms with Gasteiger partial charge in [0.1, 0.15) is 5.15 Å². The van der Waals surface area contributed by atoms with Gasteiger partial charge >= 0.3 is 0 Å². The monoisotopic (exact) mass is 234 g/mol. The fourth-order valence-corrected chi connectivity index (χ4v) is 1.55. The Morgan fingerprint density at radius 2 is 2.19 bits per heavy atom. The minimum Gasteiger partial charge on any atom is -0.311 e. The summed E-state index contributed by atoms with van der Waals surface area (Å²) in [4.78, 5) is 15.6. The normalized spacial score (nSPS) is 10.4. The van der Waals surface area contributed by atoms with Crippen molar-refractivity contribution in [3.8, 4) is 0 Å². The molecule has 0 aliphatic heterocycles. The summed E-state index contributed by atoms with van der Waals surface area (Å²) in [5, 5.41) is 0.458. The molecule has 82 valence electrons. The van der Waals surface area contributed by atoms with Crippen molar-refractivity contribution in [2.24, 2.45) is 0 Å². The number of hydrogen-bond donors (Lipinski definition) is 0. The Morgan fingerprint density at radius 3 is 2.81 bits per heavy atom. The molecule has 2 aromatic rings. The molecule has 0 unspecified atom stereocenters. The van der Waals surface area contributed by atoms with Crippen molar-refractivity contribution < 1.29 is 0 Å². The van der Waals surface area contributed by atoms with E-state index >= 15 is 0 Å². The van der Waals surface area contributed by atoms with Crippen LogP contribution in [0.3, 0.4) is 0 Å². The van der Waals surface area contributed by atoms with Gasteiger partial charge < -0.3 is 4.57 Å². The highest BCUT2D eigenvalue weighted by Gasteiger charge is 1.98. The molecule has 3 nitrogen and oxygen atoms in total. The van der Waals surface area contributed by atoms with Gasteiger partial charge in [0.05, 0.1) is 6.54 Å². The second-order valence-corrected chi connectivity index (χ2v) is 4.05. The third-order valence-electron chi connectivity index (χ3n) is 2.29. The van der Waals surface area contributed by atoms with Crippen molar-refractivity contribution in [1.82, 2.24) is 9.55 Å². The van der Waals surface area contributed by atoms with Crippen LogP contribution in [-0.2, 0) is 6.54 Å². The lowest BCUT2D eigenvalue weighted by Gasteiger charge is -2.05. The van der Waals surface area contributed by atoms with Crippen LogP contribution in [0.4, 0.5) is 0 Å². The summed E-state index contributed by atoms with van der Waals surface area (Å²) < 4.78 is 1.64. The number of pyridine rings is 2. The Hall–Kier alpha value is -1.61. The number of aryl methyl sites for hydroxylation is 1. The SMILES string of the molecule is Cc1ccn(Cc2ccc(Cl)nc2)c(=O)c1. The van der Waals surface area contributed by atoms with Crippen LogP contribution in [0.25, 0.3) is 0 Å². The highest BCUT2D eigenvalue weighted by Crippen LogP contribution is 2.06. The van der Waals surface area contributed by atoms with E-state index in [1.165, 1.54) is 0 Å². The highest BCUT2D eigenvalue weighted by atomic mass is 35.5. The van der Waals surface area contributed by atoms with E-state index in [1.807, 2.05) is 19.1 Å². The Balaban J connectivity index is 2.27. The summed E-state index contributed by atoms with van der Waals surface area (Å²) in [6.45, 7) is 2.42. The minimum absolute atomic E-state index is 0.00468. The fraction of sp³-hybridized carbons (Fsp3) is 0.167. The first-order valence-corrected chi connectivity index (χ1v) is 5.30. The van der Waals surface area contributed by atoms with E-state index in [0.717, 1.165) is 11.1 Å². The zero-order valence-corrected chi connectivity index (χ0v) is 9.61. The summed E-state index contributed by atoms with van der Waals surface area (Å²) in [6, 6.07) is 7.10. The molecule has 0 N–H and O–H groups in total. The summed E-state index contributed by atoms with van der Waals surface area (Å²) in [5.41, 5.74) is 1.92. The van der Waals surface area contributed by atoms with Gasteiger partial charge in [-0.25, -0.2) is 4.98 Å². The maximum absolute atomic E-state index is 11.6. The topological polar surface area (TPSA) is 34.9 Å². The quantitative estimate of drug-likeness (QED) is 0.747. The smallest absolute Gasteiger partial charge is 0.251 e. The molecular weight excluding hydrogens is 224 g/mol. The molecule has 2 rings (SSSR count). The molecule has 16 heavy (non-hydrogen) atoms. The largest absolute Gasteiger partial charge is 0.311 e. The van der Waals surface area contributed by atoms with Gasteiger partial charge in [0.2, 0.25) is 0 Å². The first-order chi connectivity index (χ1) is 7.65. The third kappa shape index (κ3) is 2.49. The van der Waals surface area contributed by atoms with Crippen LogP contribution in [0.15, 0.2) is 41.5 Å². The van der Waals surface area contributed by atoms with Crippen molar-refractivity contribution in [1.29, 1.82) is 0 Å². The van der Waals surface area contributed by atoms with E-state index in [-0.39, 0.29) is 5.56 Å². The molecule has 0 spiro atoms. The van der Waals surface area contributed by atoms with Crippen LogP contribution < -0.4 is 5.56 Å². The average molecular weight is 235 g/mol. The van der Waals surface area contributed by atoms with Gasteiger partial charge in [-0.3, -0.25) is 4.79 Å². The van der Waals surface area contributed by atoms with Gasteiger partial charge in [0.25, 0.3) is 5.56 Å². The van der Waals surface area contributed by atoms with E-state index in [4.69, 9.17) is 11.6 Å². The van der Waals surface area contributed by atoms with Crippen molar-refractivity contribution >= 4 is 11.6 Å². The molecule has 2 heterocycles. The third-order valence-corrected chi connectivity index (χ3v) is 2.52. The van der Waals surface area contributed by atoms with Crippen molar-refractivity contribution in [3.05, 3.63) is 63.3 Å². The van der Waals surface area contributed by atoms with Gasteiger partial charge in [-0.2, -0.15) is 0 Å². The first-order valence-electron chi connectivity index (χ1n) is 4.93. The zero-order chi connectivity index (χ0) is 11.5. The number of nitrogens with zero attached hydrogens (tertiary/aromatic N) is 2. The molecule has 2 aromatic heterocycles. The van der Waals surface area contributed by atoms with Gasteiger partial charge in [0.15, 0.2) is 0 Å². The van der Waals surface area contributed by atoms with Gasteiger partial charge in [-0.15, -0.1) is 0 Å². The average Bonchev–Trinajstić information content (AvgIpc) is 2.25. The van der Waals surface area contributed by atoms with Crippen LogP contribution in [0, 0.1) is 6.92 Å². The molecule has 0 aliphatic rings. The van der Waals surface area contributed by atoms with Crippen LogP contribution in [0.1, 0.15) is 11.1 Å². The Kier molecular flexibility index (Phi) is 3.06. The molecule has 0 bridgehead atoms. The number of rotatable bonds is 2. The van der Waals surface area contributed by atoms with E-state index in [2.05, 4.69) is 4.98 Å². The standard InChI is InChI=1S/C12H11ClN2O/c1-9-4-5-15(12(16)6-9)8-10-2-3-11(13)14-7-10/h2-7H,8H2,1H3. The maximum atomic E-state index is 11.6. The second kappa shape index (κ2) is 4.49. The molecule has 0 aromatic carbocycles. The Morgan fingerprint density at radius 1 is 1.38 bits per heavy atom. The van der Waals surface area contributed by atoms with Crippen LogP contribution in [0.2, 0.25) is 5.15 Å². The minimum atomic E-state index is -0.00468. The van der Waals surface area contributed by atoms with E-state index in [9.17, 15) is 4.79 Å². The molecule has 0 atom stereocenters. The number of hydrogen-bond acceptors (Lipinski definition) is 2. The summed E-state index contributed by atoms with van der Waals surface area (Å²) in [7, 11) is 0. The highest BCUT2D eigenvalue weighted by molar-refractivity contribution is 6.29. The lowest BCUT2D eigenvalue weighted by Crippen LogP contribution is -2.19. The van der Waals surface area contributed by atoms with Gasteiger partial charge in [-0.05, 0) is 30.2 Å². The Labute approximate surface area is 98.3 Å². The van der Waals surface area contributed by atoms with Gasteiger partial charge in [0, 0.05) is 18.5 Å². The molecule has 0 aliphatic carbocycles.